The molecule has 0 spiro atoms. The van der Waals surface area contributed by atoms with Crippen LogP contribution in [0.3, 0.4) is 0 Å². The van der Waals surface area contributed by atoms with Crippen molar-refractivity contribution in [3.8, 4) is 11.4 Å². The number of carbonyl (C=O) groups is 1. The molecule has 2 saturated heterocycles. The van der Waals surface area contributed by atoms with Crippen molar-refractivity contribution in [2.75, 3.05) is 44.7 Å². The average molecular weight is 546 g/mol. The standard InChI is InChI=1S/C25H28ClN5O5S/c26-22-4-2-1-3-21(22)24-28-23(36-29-24)17-30-11-9-18(10-12-30)25(32)27-19-5-7-20(8-6-19)37(33,34)31-13-15-35-16-14-31/h1-8,18H,9-17H2,(H,27,32). The van der Waals surface area contributed by atoms with Crippen molar-refractivity contribution < 1.29 is 22.5 Å². The Morgan fingerprint density at radius 3 is 2.43 bits per heavy atom. The van der Waals surface area contributed by atoms with Crippen molar-refractivity contribution >= 4 is 33.2 Å². The van der Waals surface area contributed by atoms with Crippen LogP contribution < -0.4 is 5.32 Å². The Labute approximate surface area is 220 Å². The summed E-state index contributed by atoms with van der Waals surface area (Å²) >= 11 is 6.22. The Morgan fingerprint density at radius 2 is 1.73 bits per heavy atom. The topological polar surface area (TPSA) is 118 Å². The van der Waals surface area contributed by atoms with Gasteiger partial charge in [0.1, 0.15) is 0 Å². The fourth-order valence-corrected chi connectivity index (χ4v) is 6.13. The van der Waals surface area contributed by atoms with Gasteiger partial charge in [0.25, 0.3) is 0 Å². The first-order valence-corrected chi connectivity index (χ1v) is 14.0. The van der Waals surface area contributed by atoms with E-state index in [-0.39, 0.29) is 16.7 Å². The number of hydrogen-bond donors (Lipinski definition) is 1. The number of benzene rings is 2. The lowest BCUT2D eigenvalue weighted by Gasteiger charge is -2.30. The third-order valence-electron chi connectivity index (χ3n) is 6.63. The van der Waals surface area contributed by atoms with Crippen LogP contribution in [0.25, 0.3) is 11.4 Å². The molecule has 0 saturated carbocycles. The summed E-state index contributed by atoms with van der Waals surface area (Å²) in [5.41, 5.74) is 1.30. The number of carbonyl (C=O) groups excluding carboxylic acids is 1. The normalized spacial score (nSPS) is 18.1. The van der Waals surface area contributed by atoms with Gasteiger partial charge in [0.05, 0.1) is 29.7 Å². The average Bonchev–Trinajstić information content (AvgIpc) is 3.38. The monoisotopic (exact) mass is 545 g/mol. The Bertz CT molecular complexity index is 1330. The molecule has 0 aliphatic carbocycles. The van der Waals surface area contributed by atoms with E-state index in [2.05, 4.69) is 20.4 Å². The molecule has 1 N–H and O–H groups in total. The summed E-state index contributed by atoms with van der Waals surface area (Å²) in [4.78, 5) is 19.7. The van der Waals surface area contributed by atoms with Crippen molar-refractivity contribution in [2.24, 2.45) is 5.92 Å². The second-order valence-corrected chi connectivity index (χ2v) is 11.4. The van der Waals surface area contributed by atoms with Crippen LogP contribution in [0.5, 0.6) is 0 Å². The number of nitrogens with zero attached hydrogens (tertiary/aromatic N) is 4. The van der Waals surface area contributed by atoms with E-state index in [0.29, 0.717) is 68.1 Å². The Hall–Kier alpha value is -2.83. The number of piperidine rings is 1. The van der Waals surface area contributed by atoms with Crippen molar-refractivity contribution in [1.29, 1.82) is 0 Å². The number of sulfonamides is 1. The SMILES string of the molecule is O=C(Nc1ccc(S(=O)(=O)N2CCOCC2)cc1)C1CCN(Cc2nc(-c3ccccc3Cl)no2)CC1. The predicted molar refractivity (Wildman–Crippen MR) is 137 cm³/mol. The van der Waals surface area contributed by atoms with Gasteiger partial charge in [0.15, 0.2) is 0 Å². The molecule has 3 aromatic rings. The number of amides is 1. The number of likely N-dealkylation sites (tertiary alicyclic amines) is 1. The molecule has 196 valence electrons. The lowest BCUT2D eigenvalue weighted by Crippen LogP contribution is -2.40. The number of hydrogen-bond acceptors (Lipinski definition) is 8. The minimum atomic E-state index is -3.56. The number of morpholine rings is 1. The van der Waals surface area contributed by atoms with Crippen LogP contribution >= 0.6 is 11.6 Å². The van der Waals surface area contributed by atoms with Crippen molar-refractivity contribution in [3.63, 3.8) is 0 Å². The molecule has 0 unspecified atom stereocenters. The molecule has 37 heavy (non-hydrogen) atoms. The number of aromatic nitrogens is 2. The molecule has 10 nitrogen and oxygen atoms in total. The van der Waals surface area contributed by atoms with E-state index in [4.69, 9.17) is 20.9 Å². The molecule has 2 fully saturated rings. The van der Waals surface area contributed by atoms with Gasteiger partial charge in [-0.2, -0.15) is 9.29 Å². The summed E-state index contributed by atoms with van der Waals surface area (Å²) in [6, 6.07) is 13.7. The molecule has 2 aliphatic rings. The molecule has 1 amide bonds. The number of rotatable bonds is 7. The lowest BCUT2D eigenvalue weighted by atomic mass is 9.96. The van der Waals surface area contributed by atoms with E-state index in [9.17, 15) is 13.2 Å². The van der Waals surface area contributed by atoms with E-state index in [1.165, 1.54) is 16.4 Å². The molecule has 2 aliphatic heterocycles. The molecule has 0 radical (unpaired) electrons. The second-order valence-electron chi connectivity index (χ2n) is 9.07. The fourth-order valence-electron chi connectivity index (χ4n) is 4.51. The van der Waals surface area contributed by atoms with Crippen LogP contribution in [-0.2, 0) is 26.1 Å². The highest BCUT2D eigenvalue weighted by Gasteiger charge is 2.28. The van der Waals surface area contributed by atoms with E-state index >= 15 is 0 Å². The van der Waals surface area contributed by atoms with E-state index < -0.39 is 10.0 Å². The highest BCUT2D eigenvalue weighted by Crippen LogP contribution is 2.26. The Morgan fingerprint density at radius 1 is 1.03 bits per heavy atom. The largest absolute Gasteiger partial charge is 0.379 e. The number of anilines is 1. The molecule has 0 atom stereocenters. The van der Waals surface area contributed by atoms with Gasteiger partial charge >= 0.3 is 0 Å². The smallest absolute Gasteiger partial charge is 0.243 e. The Kier molecular flexibility index (Phi) is 7.87. The van der Waals surface area contributed by atoms with Crippen LogP contribution in [0.2, 0.25) is 5.02 Å². The maximum absolute atomic E-state index is 12.8. The summed E-state index contributed by atoms with van der Waals surface area (Å²) in [6.07, 6.45) is 1.39. The highest BCUT2D eigenvalue weighted by molar-refractivity contribution is 7.89. The molecule has 3 heterocycles. The maximum Gasteiger partial charge on any atom is 0.243 e. The van der Waals surface area contributed by atoms with Gasteiger partial charge in [0, 0.05) is 30.3 Å². The van der Waals surface area contributed by atoms with Crippen molar-refractivity contribution in [3.05, 3.63) is 59.4 Å². The van der Waals surface area contributed by atoms with Gasteiger partial charge in [-0.3, -0.25) is 9.69 Å². The van der Waals surface area contributed by atoms with Crippen LogP contribution in [0.15, 0.2) is 57.9 Å². The highest BCUT2D eigenvalue weighted by atomic mass is 35.5. The number of halogens is 1. The summed E-state index contributed by atoms with van der Waals surface area (Å²) in [6.45, 7) is 3.42. The van der Waals surface area contributed by atoms with E-state index in [0.717, 1.165) is 18.7 Å². The van der Waals surface area contributed by atoms with Crippen LogP contribution in [0.4, 0.5) is 5.69 Å². The van der Waals surface area contributed by atoms with Gasteiger partial charge in [-0.15, -0.1) is 0 Å². The maximum atomic E-state index is 12.8. The zero-order chi connectivity index (χ0) is 25.8. The lowest BCUT2D eigenvalue weighted by molar-refractivity contribution is -0.121. The molecule has 5 rings (SSSR count). The van der Waals surface area contributed by atoms with Crippen molar-refractivity contribution in [2.45, 2.75) is 24.3 Å². The van der Waals surface area contributed by atoms with E-state index in [1.54, 1.807) is 18.2 Å². The second kappa shape index (κ2) is 11.3. The first-order chi connectivity index (χ1) is 17.9. The molecule has 2 aromatic carbocycles. The Balaban J connectivity index is 1.11. The van der Waals surface area contributed by atoms with Crippen LogP contribution in [-0.4, -0.2) is 73.1 Å². The minimum absolute atomic E-state index is 0.0674. The van der Waals surface area contributed by atoms with Crippen molar-refractivity contribution in [1.82, 2.24) is 19.3 Å². The quantitative estimate of drug-likeness (QED) is 0.480. The van der Waals surface area contributed by atoms with Crippen LogP contribution in [0.1, 0.15) is 18.7 Å². The minimum Gasteiger partial charge on any atom is -0.379 e. The van der Waals surface area contributed by atoms with Gasteiger partial charge in [-0.25, -0.2) is 8.42 Å². The zero-order valence-corrected chi connectivity index (χ0v) is 21.7. The van der Waals surface area contributed by atoms with Gasteiger partial charge in [0.2, 0.25) is 27.6 Å². The first-order valence-electron chi connectivity index (χ1n) is 12.2. The third-order valence-corrected chi connectivity index (χ3v) is 8.87. The molecule has 1 aromatic heterocycles. The predicted octanol–water partition coefficient (Wildman–Crippen LogP) is 3.26. The summed E-state index contributed by atoms with van der Waals surface area (Å²) in [7, 11) is -3.56. The molecule has 0 bridgehead atoms. The molecule has 12 heteroatoms. The van der Waals surface area contributed by atoms with Gasteiger partial charge in [-0.1, -0.05) is 28.9 Å². The first kappa shape index (κ1) is 25.8. The summed E-state index contributed by atoms with van der Waals surface area (Å²) in [5, 5.41) is 7.53. The summed E-state index contributed by atoms with van der Waals surface area (Å²) < 4.78 is 37.6. The van der Waals surface area contributed by atoms with E-state index in [1.807, 2.05) is 18.2 Å². The fraction of sp³-hybridized carbons (Fsp3) is 0.400. The van der Waals surface area contributed by atoms with Crippen LogP contribution in [0, 0.1) is 5.92 Å². The van der Waals surface area contributed by atoms with Gasteiger partial charge in [-0.05, 0) is 62.3 Å². The van der Waals surface area contributed by atoms with Gasteiger partial charge < -0.3 is 14.6 Å². The number of nitrogens with one attached hydrogen (secondary N) is 1. The summed E-state index contributed by atoms with van der Waals surface area (Å²) in [5.74, 6) is 0.764. The molecular weight excluding hydrogens is 518 g/mol. The zero-order valence-electron chi connectivity index (χ0n) is 20.2. The third kappa shape index (κ3) is 6.02. The number of ether oxygens (including phenoxy) is 1. The molecular formula is C25H28ClN5O5S.